The van der Waals surface area contributed by atoms with Crippen LogP contribution in [0.15, 0.2) is 70.8 Å². The third kappa shape index (κ3) is 4.60. The number of hydrogen-bond donors (Lipinski definition) is 0. The van der Waals surface area contributed by atoms with E-state index in [4.69, 9.17) is 9.47 Å². The summed E-state index contributed by atoms with van der Waals surface area (Å²) in [6.45, 7) is 2.84. The molecule has 0 aliphatic heterocycles. The molecule has 0 aliphatic rings. The number of methoxy groups -OCH3 is 2. The van der Waals surface area contributed by atoms with E-state index < -0.39 is 30.4 Å². The number of nitrogens with zero attached hydrogens (tertiary/aromatic N) is 2. The fourth-order valence-electron chi connectivity index (χ4n) is 4.13. The first-order chi connectivity index (χ1) is 17.6. The molecule has 0 aliphatic carbocycles. The molecule has 4 aromatic rings. The van der Waals surface area contributed by atoms with E-state index in [1.54, 1.807) is 36.7 Å². The second kappa shape index (κ2) is 9.98. The molecule has 0 amide bonds. The van der Waals surface area contributed by atoms with E-state index in [0.717, 1.165) is 5.56 Å². The second-order valence-electron chi connectivity index (χ2n) is 8.12. The van der Waals surface area contributed by atoms with Gasteiger partial charge in [-0.05, 0) is 53.6 Å². The molecule has 4 rings (SSSR count). The van der Waals surface area contributed by atoms with Crippen LogP contribution in [0.3, 0.4) is 0 Å². The number of sulfone groups is 2. The van der Waals surface area contributed by atoms with Crippen molar-refractivity contribution < 1.29 is 31.1 Å². The highest BCUT2D eigenvalue weighted by atomic mass is 32.2. The van der Waals surface area contributed by atoms with Crippen molar-refractivity contribution in [3.8, 4) is 22.6 Å². The number of rotatable bonds is 9. The van der Waals surface area contributed by atoms with Gasteiger partial charge in [0.1, 0.15) is 15.5 Å². The van der Waals surface area contributed by atoms with Gasteiger partial charge in [-0.25, -0.2) is 16.8 Å². The minimum absolute atomic E-state index is 0.104. The molecule has 0 radical (unpaired) electrons. The van der Waals surface area contributed by atoms with Gasteiger partial charge >= 0.3 is 0 Å². The summed E-state index contributed by atoms with van der Waals surface area (Å²) in [4.78, 5) is 17.0. The molecule has 1 aromatic carbocycles. The lowest BCUT2D eigenvalue weighted by atomic mass is 10.1. The molecular weight excluding hydrogens is 516 g/mol. The third-order valence-corrected chi connectivity index (χ3v) is 9.81. The number of ether oxygens (including phenoxy) is 2. The summed E-state index contributed by atoms with van der Waals surface area (Å²) in [6.07, 6.45) is 4.71. The lowest BCUT2D eigenvalue weighted by Crippen LogP contribution is -2.16. The number of benzene rings is 1. The monoisotopic (exact) mass is 542 g/mol. The van der Waals surface area contributed by atoms with Crippen LogP contribution in [0.25, 0.3) is 16.6 Å². The molecule has 0 unspecified atom stereocenters. The van der Waals surface area contributed by atoms with Crippen molar-refractivity contribution in [1.29, 1.82) is 0 Å². The standard InChI is InChI=1S/C26H26N2O7S2/c1-5-36(30,31)25-20-15-18(17-9-12-27-13-10-17)11-14-28(20)23(26(25)37(32,33)6-2)24(29)19-7-8-21(34-3)22(16-19)35-4/h7-16H,5-6H2,1-4H3. The third-order valence-electron chi connectivity index (χ3n) is 6.11. The first kappa shape index (κ1) is 26.4. The van der Waals surface area contributed by atoms with E-state index in [1.165, 1.54) is 56.9 Å². The lowest BCUT2D eigenvalue weighted by Gasteiger charge is -2.11. The SMILES string of the molecule is CCS(=O)(=O)c1c(S(=O)(=O)CC)c2cc(-c3ccncc3)ccn2c1C(=O)c1ccc(OC)c(OC)c1. The van der Waals surface area contributed by atoms with Gasteiger partial charge in [0, 0.05) is 24.2 Å². The van der Waals surface area contributed by atoms with Gasteiger partial charge in [-0.1, -0.05) is 13.8 Å². The second-order valence-corrected chi connectivity index (χ2v) is 12.5. The van der Waals surface area contributed by atoms with Crippen molar-refractivity contribution >= 4 is 31.0 Å². The normalized spacial score (nSPS) is 12.0. The zero-order valence-electron chi connectivity index (χ0n) is 20.8. The number of fused-ring (bicyclic) bond motifs is 1. The molecule has 37 heavy (non-hydrogen) atoms. The average molecular weight is 543 g/mol. The quantitative estimate of drug-likeness (QED) is 0.293. The fourth-order valence-corrected chi connectivity index (χ4v) is 7.20. The van der Waals surface area contributed by atoms with Crippen molar-refractivity contribution in [3.63, 3.8) is 0 Å². The summed E-state index contributed by atoms with van der Waals surface area (Å²) >= 11 is 0. The minimum Gasteiger partial charge on any atom is -0.493 e. The summed E-state index contributed by atoms with van der Waals surface area (Å²) < 4.78 is 65.4. The smallest absolute Gasteiger partial charge is 0.211 e. The van der Waals surface area contributed by atoms with E-state index in [-0.39, 0.29) is 38.9 Å². The Kier molecular flexibility index (Phi) is 7.11. The molecule has 0 saturated carbocycles. The van der Waals surface area contributed by atoms with Crippen LogP contribution in [0.4, 0.5) is 0 Å². The summed E-state index contributed by atoms with van der Waals surface area (Å²) in [7, 11) is -5.37. The molecule has 0 spiro atoms. The highest BCUT2D eigenvalue weighted by molar-refractivity contribution is 7.94. The summed E-state index contributed by atoms with van der Waals surface area (Å²) in [5.74, 6) is -0.744. The number of hydrogen-bond acceptors (Lipinski definition) is 8. The number of carbonyl (C=O) groups excluding carboxylic acids is 1. The number of aromatic nitrogens is 2. The first-order valence-electron chi connectivity index (χ1n) is 11.4. The van der Waals surface area contributed by atoms with Crippen LogP contribution in [-0.4, -0.2) is 57.7 Å². The Morgan fingerprint density at radius 1 is 0.811 bits per heavy atom. The minimum atomic E-state index is -4.16. The van der Waals surface area contributed by atoms with Crippen LogP contribution < -0.4 is 9.47 Å². The molecule has 3 heterocycles. The maximum Gasteiger partial charge on any atom is 0.211 e. The fraction of sp³-hybridized carbons (Fsp3) is 0.231. The van der Waals surface area contributed by atoms with Crippen molar-refractivity contribution in [2.24, 2.45) is 0 Å². The van der Waals surface area contributed by atoms with Gasteiger partial charge in [-0.15, -0.1) is 0 Å². The van der Waals surface area contributed by atoms with Crippen LogP contribution in [0.1, 0.15) is 29.9 Å². The largest absolute Gasteiger partial charge is 0.493 e. The Bertz CT molecular complexity index is 1710. The molecule has 3 aromatic heterocycles. The van der Waals surface area contributed by atoms with E-state index in [2.05, 4.69) is 4.98 Å². The lowest BCUT2D eigenvalue weighted by molar-refractivity contribution is 0.103. The summed E-state index contributed by atoms with van der Waals surface area (Å²) in [5, 5.41) is 0. The molecule has 11 heteroatoms. The van der Waals surface area contributed by atoms with Gasteiger partial charge in [0.15, 0.2) is 31.2 Å². The maximum atomic E-state index is 13.9. The van der Waals surface area contributed by atoms with Crippen LogP contribution in [0.2, 0.25) is 0 Å². The van der Waals surface area contributed by atoms with Crippen molar-refractivity contribution in [2.75, 3.05) is 25.7 Å². The van der Waals surface area contributed by atoms with Gasteiger partial charge in [0.2, 0.25) is 5.78 Å². The molecule has 9 nitrogen and oxygen atoms in total. The molecule has 0 fully saturated rings. The Morgan fingerprint density at radius 2 is 1.43 bits per heavy atom. The maximum absolute atomic E-state index is 13.9. The van der Waals surface area contributed by atoms with Gasteiger partial charge in [-0.2, -0.15) is 0 Å². The summed E-state index contributed by atoms with van der Waals surface area (Å²) in [5.41, 5.74) is 1.37. The zero-order valence-corrected chi connectivity index (χ0v) is 22.4. The van der Waals surface area contributed by atoms with Crippen molar-refractivity contribution in [2.45, 2.75) is 23.6 Å². The van der Waals surface area contributed by atoms with Crippen LogP contribution in [-0.2, 0) is 19.7 Å². The van der Waals surface area contributed by atoms with E-state index in [1.807, 2.05) is 0 Å². The summed E-state index contributed by atoms with van der Waals surface area (Å²) in [6, 6.07) is 11.2. The molecule has 0 N–H and O–H groups in total. The predicted octanol–water partition coefficient (Wildman–Crippen LogP) is 3.84. The molecular formula is C26H26N2O7S2. The first-order valence-corrected chi connectivity index (χ1v) is 14.7. The predicted molar refractivity (Wildman–Crippen MR) is 139 cm³/mol. The van der Waals surface area contributed by atoms with E-state index in [9.17, 15) is 21.6 Å². The Morgan fingerprint density at radius 3 is 2.03 bits per heavy atom. The highest BCUT2D eigenvalue weighted by Gasteiger charge is 2.36. The van der Waals surface area contributed by atoms with Crippen LogP contribution >= 0.6 is 0 Å². The van der Waals surface area contributed by atoms with E-state index in [0.29, 0.717) is 11.3 Å². The molecule has 0 atom stereocenters. The molecule has 0 bridgehead atoms. The van der Waals surface area contributed by atoms with Crippen molar-refractivity contribution in [1.82, 2.24) is 9.38 Å². The average Bonchev–Trinajstić information content (AvgIpc) is 3.29. The molecule has 194 valence electrons. The van der Waals surface area contributed by atoms with Gasteiger partial charge in [0.05, 0.1) is 31.2 Å². The highest BCUT2D eigenvalue weighted by Crippen LogP contribution is 2.37. The number of carbonyl (C=O) groups is 1. The molecule has 0 saturated heterocycles. The Labute approximate surface area is 215 Å². The van der Waals surface area contributed by atoms with Gasteiger partial charge in [0.25, 0.3) is 0 Å². The Balaban J connectivity index is 2.13. The number of ketones is 1. The van der Waals surface area contributed by atoms with Crippen molar-refractivity contribution in [3.05, 3.63) is 72.3 Å². The topological polar surface area (TPSA) is 121 Å². The number of pyridine rings is 2. The van der Waals surface area contributed by atoms with Crippen LogP contribution in [0, 0.1) is 0 Å². The van der Waals surface area contributed by atoms with Crippen LogP contribution in [0.5, 0.6) is 11.5 Å². The van der Waals surface area contributed by atoms with Gasteiger partial charge < -0.3 is 13.9 Å². The zero-order chi connectivity index (χ0) is 27.0. The van der Waals surface area contributed by atoms with Gasteiger partial charge in [-0.3, -0.25) is 9.78 Å². The Hall–Kier alpha value is -3.70. The van der Waals surface area contributed by atoms with E-state index >= 15 is 0 Å².